The molecule has 1 N–H and O–H groups in total. The minimum atomic E-state index is -4.49. The van der Waals surface area contributed by atoms with Crippen LogP contribution in [0, 0.1) is 0 Å². The first-order valence-corrected chi connectivity index (χ1v) is 10.9. The molecule has 4 nitrogen and oxygen atoms in total. The van der Waals surface area contributed by atoms with Gasteiger partial charge >= 0.3 is 6.18 Å². The van der Waals surface area contributed by atoms with Crippen LogP contribution in [0.5, 0.6) is 17.2 Å². The molecule has 0 radical (unpaired) electrons. The van der Waals surface area contributed by atoms with Crippen molar-refractivity contribution in [2.45, 2.75) is 25.2 Å². The second-order valence-electron chi connectivity index (χ2n) is 7.97. The van der Waals surface area contributed by atoms with E-state index in [4.69, 9.17) is 14.2 Å². The Bertz CT molecular complexity index is 1160. The zero-order valence-electron chi connectivity index (χ0n) is 19.0. The molecule has 178 valence electrons. The number of fused-ring (bicyclic) bond motifs is 1. The average molecular weight is 470 g/mol. The van der Waals surface area contributed by atoms with Crippen LogP contribution >= 0.6 is 0 Å². The first-order valence-electron chi connectivity index (χ1n) is 10.9. The fourth-order valence-electron chi connectivity index (χ4n) is 4.03. The Morgan fingerprint density at radius 2 is 1.71 bits per heavy atom. The molecular formula is C27H26F3NO3. The molecule has 1 aliphatic heterocycles. The first-order chi connectivity index (χ1) is 16.4. The van der Waals surface area contributed by atoms with Crippen molar-refractivity contribution in [2.75, 3.05) is 20.8 Å². The molecule has 34 heavy (non-hydrogen) atoms. The normalized spacial score (nSPS) is 15.7. The largest absolute Gasteiger partial charge is 0.496 e. The van der Waals surface area contributed by atoms with E-state index in [0.717, 1.165) is 35.7 Å². The second-order valence-corrected chi connectivity index (χ2v) is 7.97. The van der Waals surface area contributed by atoms with Crippen molar-refractivity contribution in [1.82, 2.24) is 5.32 Å². The maximum atomic E-state index is 13.4. The van der Waals surface area contributed by atoms with Crippen LogP contribution in [0.1, 0.15) is 33.9 Å². The summed E-state index contributed by atoms with van der Waals surface area (Å²) in [4.78, 5) is 0. The fourth-order valence-corrected chi connectivity index (χ4v) is 4.03. The van der Waals surface area contributed by atoms with Gasteiger partial charge in [-0.05, 0) is 52.9 Å². The van der Waals surface area contributed by atoms with Crippen LogP contribution in [-0.2, 0) is 19.2 Å². The van der Waals surface area contributed by atoms with Crippen molar-refractivity contribution in [3.63, 3.8) is 0 Å². The number of methoxy groups -OCH3 is 2. The van der Waals surface area contributed by atoms with Gasteiger partial charge in [-0.3, -0.25) is 0 Å². The van der Waals surface area contributed by atoms with E-state index < -0.39 is 11.7 Å². The molecule has 1 heterocycles. The van der Waals surface area contributed by atoms with Gasteiger partial charge in [0, 0.05) is 6.54 Å². The first kappa shape index (κ1) is 23.7. The molecule has 1 aliphatic rings. The topological polar surface area (TPSA) is 39.7 Å². The second kappa shape index (κ2) is 10.2. The Hall–Kier alpha value is -3.45. The highest BCUT2D eigenvalue weighted by Crippen LogP contribution is 2.38. The van der Waals surface area contributed by atoms with Gasteiger partial charge in [-0.1, -0.05) is 48.6 Å². The van der Waals surface area contributed by atoms with Crippen LogP contribution in [0.15, 0.2) is 66.7 Å². The summed E-state index contributed by atoms with van der Waals surface area (Å²) < 4.78 is 56.5. The fraction of sp³-hybridized carbons (Fsp3) is 0.259. The van der Waals surface area contributed by atoms with Crippen LogP contribution in [0.2, 0.25) is 0 Å². The molecule has 4 rings (SSSR count). The van der Waals surface area contributed by atoms with Crippen LogP contribution in [0.4, 0.5) is 13.2 Å². The summed E-state index contributed by atoms with van der Waals surface area (Å²) in [7, 11) is 2.82. The number of benzene rings is 3. The van der Waals surface area contributed by atoms with Gasteiger partial charge in [-0.25, -0.2) is 0 Å². The van der Waals surface area contributed by atoms with E-state index in [1.165, 1.54) is 13.2 Å². The number of nitrogens with one attached hydrogen (secondary N) is 1. The molecule has 1 atom stereocenters. The molecule has 0 saturated carbocycles. The molecule has 0 spiro atoms. The highest BCUT2D eigenvalue weighted by Gasteiger charge is 2.34. The van der Waals surface area contributed by atoms with Crippen molar-refractivity contribution in [3.8, 4) is 17.2 Å². The van der Waals surface area contributed by atoms with E-state index in [0.29, 0.717) is 23.7 Å². The molecule has 3 aromatic carbocycles. The lowest BCUT2D eigenvalue weighted by Crippen LogP contribution is -2.28. The lowest BCUT2D eigenvalue weighted by Gasteiger charge is -2.26. The molecule has 0 bridgehead atoms. The summed E-state index contributed by atoms with van der Waals surface area (Å²) in [6.07, 6.45) is -0.127. The van der Waals surface area contributed by atoms with Crippen molar-refractivity contribution in [2.24, 2.45) is 0 Å². The van der Waals surface area contributed by atoms with Crippen molar-refractivity contribution in [3.05, 3.63) is 94.6 Å². The minimum Gasteiger partial charge on any atom is -0.496 e. The quantitative estimate of drug-likeness (QED) is 0.447. The number of hydrogen-bond acceptors (Lipinski definition) is 4. The number of hydrogen-bond donors (Lipinski definition) is 1. The third-order valence-electron chi connectivity index (χ3n) is 5.77. The highest BCUT2D eigenvalue weighted by atomic mass is 19.4. The Morgan fingerprint density at radius 3 is 2.41 bits per heavy atom. The summed E-state index contributed by atoms with van der Waals surface area (Å²) >= 11 is 0. The Balaban J connectivity index is 1.58. The number of halogens is 3. The van der Waals surface area contributed by atoms with E-state index in [1.807, 2.05) is 48.5 Å². The van der Waals surface area contributed by atoms with E-state index in [9.17, 15) is 13.2 Å². The maximum Gasteiger partial charge on any atom is 0.419 e. The third-order valence-corrected chi connectivity index (χ3v) is 5.77. The van der Waals surface area contributed by atoms with Gasteiger partial charge < -0.3 is 19.5 Å². The zero-order valence-corrected chi connectivity index (χ0v) is 19.0. The number of alkyl halides is 3. The summed E-state index contributed by atoms with van der Waals surface area (Å²) in [5, 5.41) is 3.41. The molecule has 3 aromatic rings. The van der Waals surface area contributed by atoms with Gasteiger partial charge in [0.15, 0.2) is 11.5 Å². The van der Waals surface area contributed by atoms with E-state index in [-0.39, 0.29) is 11.8 Å². The summed E-state index contributed by atoms with van der Waals surface area (Å²) in [5.74, 6) is 1.08. The van der Waals surface area contributed by atoms with Crippen molar-refractivity contribution >= 4 is 6.08 Å². The van der Waals surface area contributed by atoms with Crippen LogP contribution < -0.4 is 19.5 Å². The van der Waals surface area contributed by atoms with Crippen LogP contribution in [-0.4, -0.2) is 20.8 Å². The molecule has 0 saturated heterocycles. The number of rotatable bonds is 7. The van der Waals surface area contributed by atoms with E-state index in [2.05, 4.69) is 5.32 Å². The number of ether oxygens (including phenoxy) is 3. The Labute approximate surface area is 197 Å². The van der Waals surface area contributed by atoms with Gasteiger partial charge in [0.1, 0.15) is 12.4 Å². The molecule has 0 amide bonds. The minimum absolute atomic E-state index is 0.169. The SMILES string of the molecule is COc1cc2c(cc1OCc1ccccc1)CCNC2C=Cc1ccc(OC)c(C(F)(F)F)c1. The van der Waals surface area contributed by atoms with E-state index in [1.54, 1.807) is 19.3 Å². The lowest BCUT2D eigenvalue weighted by atomic mass is 9.93. The molecule has 0 fully saturated rings. The predicted molar refractivity (Wildman–Crippen MR) is 125 cm³/mol. The van der Waals surface area contributed by atoms with Gasteiger partial charge in [-0.15, -0.1) is 0 Å². The van der Waals surface area contributed by atoms with Gasteiger partial charge in [0.2, 0.25) is 0 Å². The van der Waals surface area contributed by atoms with Crippen molar-refractivity contribution < 1.29 is 27.4 Å². The Morgan fingerprint density at radius 1 is 0.941 bits per heavy atom. The zero-order chi connectivity index (χ0) is 24.1. The third kappa shape index (κ3) is 5.37. The van der Waals surface area contributed by atoms with Gasteiger partial charge in [0.25, 0.3) is 0 Å². The monoisotopic (exact) mass is 469 g/mol. The Kier molecular flexibility index (Phi) is 7.12. The standard InChI is InChI=1S/C27H26F3NO3/c1-32-24-11-9-18(14-22(24)27(28,29)30)8-10-23-21-16-25(33-2)26(15-20(21)12-13-31-23)34-17-19-6-4-3-5-7-19/h3-11,14-16,23,31H,12-13,17H2,1-2H3. The molecule has 7 heteroatoms. The van der Waals surface area contributed by atoms with Gasteiger partial charge in [-0.2, -0.15) is 13.2 Å². The molecular weight excluding hydrogens is 443 g/mol. The van der Waals surface area contributed by atoms with Crippen LogP contribution in [0.25, 0.3) is 6.08 Å². The summed E-state index contributed by atoms with van der Waals surface area (Å²) in [6, 6.07) is 17.7. The molecule has 1 unspecified atom stereocenters. The summed E-state index contributed by atoms with van der Waals surface area (Å²) in [5.41, 5.74) is 2.83. The smallest absolute Gasteiger partial charge is 0.419 e. The molecule has 0 aliphatic carbocycles. The lowest BCUT2D eigenvalue weighted by molar-refractivity contribution is -0.138. The maximum absolute atomic E-state index is 13.4. The van der Waals surface area contributed by atoms with Crippen molar-refractivity contribution in [1.29, 1.82) is 0 Å². The molecule has 0 aromatic heterocycles. The highest BCUT2D eigenvalue weighted by molar-refractivity contribution is 5.57. The van der Waals surface area contributed by atoms with Crippen LogP contribution in [0.3, 0.4) is 0 Å². The average Bonchev–Trinajstić information content (AvgIpc) is 2.85. The predicted octanol–water partition coefficient (Wildman–Crippen LogP) is 6.20. The van der Waals surface area contributed by atoms with E-state index >= 15 is 0 Å². The van der Waals surface area contributed by atoms with Gasteiger partial charge in [0.05, 0.1) is 25.8 Å². The summed E-state index contributed by atoms with van der Waals surface area (Å²) in [6.45, 7) is 1.17.